The van der Waals surface area contributed by atoms with Crippen LogP contribution in [0.1, 0.15) is 16.8 Å². The Morgan fingerprint density at radius 1 is 1.23 bits per heavy atom. The van der Waals surface area contributed by atoms with Crippen molar-refractivity contribution in [1.29, 1.82) is 0 Å². The van der Waals surface area contributed by atoms with Crippen LogP contribution in [0.4, 0.5) is 17.3 Å². The molecule has 1 aromatic carbocycles. The predicted octanol–water partition coefficient (Wildman–Crippen LogP) is 2.81. The maximum absolute atomic E-state index is 11.7. The molecule has 0 unspecified atom stereocenters. The monoisotopic (exact) mass is 368 g/mol. The van der Waals surface area contributed by atoms with E-state index in [1.807, 2.05) is 41.2 Å². The van der Waals surface area contributed by atoms with Crippen molar-refractivity contribution < 1.29 is 0 Å². The first-order chi connectivity index (χ1) is 12.5. The Balaban J connectivity index is 1.64. The van der Waals surface area contributed by atoms with Crippen LogP contribution >= 0.6 is 11.6 Å². The minimum absolute atomic E-state index is 0.137. The zero-order valence-corrected chi connectivity index (χ0v) is 15.2. The fourth-order valence-corrected chi connectivity index (χ4v) is 3.33. The lowest BCUT2D eigenvalue weighted by Crippen LogP contribution is -2.20. The van der Waals surface area contributed by atoms with Gasteiger partial charge in [0.25, 0.3) is 5.56 Å². The summed E-state index contributed by atoms with van der Waals surface area (Å²) in [5.41, 5.74) is 4.36. The molecule has 0 bridgehead atoms. The van der Waals surface area contributed by atoms with E-state index in [2.05, 4.69) is 28.2 Å². The fraction of sp³-hybridized carbons (Fsp3) is 0.222. The van der Waals surface area contributed by atoms with Crippen LogP contribution < -0.4 is 15.4 Å². The van der Waals surface area contributed by atoms with Gasteiger partial charge in [-0.1, -0.05) is 29.8 Å². The van der Waals surface area contributed by atoms with Gasteiger partial charge in [-0.2, -0.15) is 5.10 Å². The van der Waals surface area contributed by atoms with Gasteiger partial charge in [0, 0.05) is 31.0 Å². The molecular weight excluding hydrogens is 352 g/mol. The van der Waals surface area contributed by atoms with Crippen LogP contribution in [0.15, 0.2) is 41.5 Å². The molecular formula is C18H17ClN6O. The van der Waals surface area contributed by atoms with E-state index in [0.717, 1.165) is 22.5 Å². The van der Waals surface area contributed by atoms with Crippen LogP contribution in [-0.2, 0) is 13.1 Å². The van der Waals surface area contributed by atoms with Crippen molar-refractivity contribution in [2.24, 2.45) is 0 Å². The van der Waals surface area contributed by atoms with Crippen LogP contribution in [-0.4, -0.2) is 27.2 Å². The summed E-state index contributed by atoms with van der Waals surface area (Å²) in [6.45, 7) is 3.20. The number of H-pyrrole nitrogens is 1. The van der Waals surface area contributed by atoms with Gasteiger partial charge in [-0.05, 0) is 18.6 Å². The number of anilines is 3. The Kier molecular flexibility index (Phi) is 4.08. The van der Waals surface area contributed by atoms with Gasteiger partial charge in [0.05, 0.1) is 24.1 Å². The molecule has 3 aromatic rings. The molecule has 0 radical (unpaired) electrons. The average Bonchev–Trinajstić information content (AvgIpc) is 3.06. The van der Waals surface area contributed by atoms with Gasteiger partial charge >= 0.3 is 0 Å². The minimum atomic E-state index is -0.397. The quantitative estimate of drug-likeness (QED) is 0.766. The van der Waals surface area contributed by atoms with Gasteiger partial charge in [0.2, 0.25) is 5.95 Å². The number of rotatable bonds is 3. The lowest BCUT2D eigenvalue weighted by atomic mass is 10.2. The summed E-state index contributed by atoms with van der Waals surface area (Å²) < 4.78 is 0. The second-order valence-corrected chi connectivity index (χ2v) is 6.62. The number of aromatic amines is 1. The highest BCUT2D eigenvalue weighted by Crippen LogP contribution is 2.31. The van der Waals surface area contributed by atoms with E-state index in [4.69, 9.17) is 16.6 Å². The summed E-state index contributed by atoms with van der Waals surface area (Å²) in [6.07, 6.45) is 3.39. The Morgan fingerprint density at radius 3 is 2.85 bits per heavy atom. The van der Waals surface area contributed by atoms with Crippen LogP contribution in [0.2, 0.25) is 5.02 Å². The van der Waals surface area contributed by atoms with Crippen molar-refractivity contribution in [3.8, 4) is 0 Å². The molecule has 7 nitrogen and oxygen atoms in total. The fourth-order valence-electron chi connectivity index (χ4n) is 3.12. The van der Waals surface area contributed by atoms with Gasteiger partial charge < -0.3 is 9.80 Å². The first kappa shape index (κ1) is 16.5. The molecule has 0 amide bonds. The SMILES string of the molecule is Cc1ccccc1N(C)c1ncc2c(n1)CN(c1cn[nH]c(=O)c1Cl)C2. The van der Waals surface area contributed by atoms with Crippen molar-refractivity contribution in [2.45, 2.75) is 20.0 Å². The Bertz CT molecular complexity index is 1030. The summed E-state index contributed by atoms with van der Waals surface area (Å²) in [6, 6.07) is 8.10. The number of hydrogen-bond donors (Lipinski definition) is 1. The van der Waals surface area contributed by atoms with Crippen LogP contribution in [0, 0.1) is 6.92 Å². The highest BCUT2D eigenvalue weighted by atomic mass is 35.5. The maximum atomic E-state index is 11.7. The number of aryl methyl sites for hydroxylation is 1. The largest absolute Gasteiger partial charge is 0.358 e. The van der Waals surface area contributed by atoms with Crippen LogP contribution in [0.25, 0.3) is 0 Å². The molecule has 0 saturated carbocycles. The number of hydrogen-bond acceptors (Lipinski definition) is 6. The molecule has 2 aromatic heterocycles. The molecule has 0 spiro atoms. The molecule has 26 heavy (non-hydrogen) atoms. The van der Waals surface area contributed by atoms with E-state index in [-0.39, 0.29) is 5.02 Å². The summed E-state index contributed by atoms with van der Waals surface area (Å²) in [5.74, 6) is 0.634. The third-order valence-corrected chi connectivity index (χ3v) is 4.90. The van der Waals surface area contributed by atoms with Gasteiger partial charge in [-0.25, -0.2) is 15.1 Å². The highest BCUT2D eigenvalue weighted by Gasteiger charge is 2.25. The van der Waals surface area contributed by atoms with E-state index in [1.165, 1.54) is 0 Å². The van der Waals surface area contributed by atoms with Crippen LogP contribution in [0.5, 0.6) is 0 Å². The molecule has 1 aliphatic rings. The number of halogens is 1. The topological polar surface area (TPSA) is 78.0 Å². The van der Waals surface area contributed by atoms with Crippen molar-refractivity contribution in [2.75, 3.05) is 16.8 Å². The summed E-state index contributed by atoms with van der Waals surface area (Å²) in [5, 5.41) is 6.31. The first-order valence-corrected chi connectivity index (χ1v) is 8.54. The molecule has 0 fully saturated rings. The van der Waals surface area contributed by atoms with E-state index in [1.54, 1.807) is 6.20 Å². The van der Waals surface area contributed by atoms with Crippen molar-refractivity contribution in [1.82, 2.24) is 20.2 Å². The summed E-state index contributed by atoms with van der Waals surface area (Å²) in [4.78, 5) is 24.9. The lowest BCUT2D eigenvalue weighted by Gasteiger charge is -2.19. The third-order valence-electron chi connectivity index (χ3n) is 4.54. The molecule has 132 valence electrons. The maximum Gasteiger partial charge on any atom is 0.285 e. The molecule has 1 aliphatic heterocycles. The third kappa shape index (κ3) is 2.80. The number of nitrogens with zero attached hydrogens (tertiary/aromatic N) is 5. The molecule has 0 aliphatic carbocycles. The number of aromatic nitrogens is 4. The first-order valence-electron chi connectivity index (χ1n) is 8.17. The Labute approximate surface area is 155 Å². The van der Waals surface area contributed by atoms with E-state index in [9.17, 15) is 4.79 Å². The van der Waals surface area contributed by atoms with Crippen molar-refractivity contribution >= 4 is 28.9 Å². The predicted molar refractivity (Wildman–Crippen MR) is 101 cm³/mol. The normalized spacial score (nSPS) is 13.0. The zero-order valence-electron chi connectivity index (χ0n) is 14.4. The van der Waals surface area contributed by atoms with E-state index < -0.39 is 5.56 Å². The number of para-hydroxylation sites is 1. The van der Waals surface area contributed by atoms with Crippen molar-refractivity contribution in [3.05, 3.63) is 68.9 Å². The molecule has 4 rings (SSSR count). The smallest absolute Gasteiger partial charge is 0.285 e. The summed E-state index contributed by atoms with van der Waals surface area (Å²) >= 11 is 6.13. The molecule has 1 N–H and O–H groups in total. The van der Waals surface area contributed by atoms with E-state index >= 15 is 0 Å². The van der Waals surface area contributed by atoms with Crippen molar-refractivity contribution in [3.63, 3.8) is 0 Å². The van der Waals surface area contributed by atoms with E-state index in [0.29, 0.717) is 24.7 Å². The Hall–Kier alpha value is -2.93. The summed E-state index contributed by atoms with van der Waals surface area (Å²) in [7, 11) is 1.95. The molecule has 0 atom stereocenters. The zero-order chi connectivity index (χ0) is 18.3. The van der Waals surface area contributed by atoms with Gasteiger partial charge in [-0.3, -0.25) is 4.79 Å². The van der Waals surface area contributed by atoms with Gasteiger partial charge in [-0.15, -0.1) is 0 Å². The van der Waals surface area contributed by atoms with Crippen LogP contribution in [0.3, 0.4) is 0 Å². The number of fused-ring (bicyclic) bond motifs is 1. The Morgan fingerprint density at radius 2 is 2.04 bits per heavy atom. The van der Waals surface area contributed by atoms with Gasteiger partial charge in [0.1, 0.15) is 5.02 Å². The minimum Gasteiger partial charge on any atom is -0.358 e. The standard InChI is InChI=1S/C18H17ClN6O/c1-11-5-3-4-6-14(11)24(2)18-20-7-12-9-25(10-13(12)22-18)15-8-21-23-17(26)16(15)19/h3-8H,9-10H2,1-2H3,(H,23,26). The molecule has 0 saturated heterocycles. The lowest BCUT2D eigenvalue weighted by molar-refractivity contribution is 0.851. The van der Waals surface area contributed by atoms with Gasteiger partial charge in [0.15, 0.2) is 0 Å². The second-order valence-electron chi connectivity index (χ2n) is 6.24. The number of nitrogens with one attached hydrogen (secondary N) is 1. The number of benzene rings is 1. The second kappa shape index (κ2) is 6.42. The molecule has 8 heteroatoms. The average molecular weight is 369 g/mol. The highest BCUT2D eigenvalue weighted by molar-refractivity contribution is 6.33. The molecule has 3 heterocycles.